The van der Waals surface area contributed by atoms with Crippen molar-refractivity contribution in [2.75, 3.05) is 6.54 Å². The molecule has 0 bridgehead atoms. The van der Waals surface area contributed by atoms with Crippen molar-refractivity contribution in [2.24, 2.45) is 11.1 Å². The van der Waals surface area contributed by atoms with Gasteiger partial charge < -0.3 is 11.1 Å². The van der Waals surface area contributed by atoms with Crippen LogP contribution in [0.1, 0.15) is 38.5 Å². The Labute approximate surface area is 117 Å². The van der Waals surface area contributed by atoms with Gasteiger partial charge in [0, 0.05) is 21.9 Å². The zero-order chi connectivity index (χ0) is 12.9. The Balaban J connectivity index is 2.14. The molecule has 0 aliphatic heterocycles. The van der Waals surface area contributed by atoms with Crippen molar-refractivity contribution < 1.29 is 0 Å². The summed E-state index contributed by atoms with van der Waals surface area (Å²) in [7, 11) is 0. The summed E-state index contributed by atoms with van der Waals surface area (Å²) in [6.45, 7) is 8.64. The van der Waals surface area contributed by atoms with Crippen molar-refractivity contribution >= 4 is 27.3 Å². The number of hydrogen-bond acceptors (Lipinski definition) is 3. The van der Waals surface area contributed by atoms with Gasteiger partial charge in [0.2, 0.25) is 0 Å². The highest BCUT2D eigenvalue weighted by atomic mass is 79.9. The van der Waals surface area contributed by atoms with Gasteiger partial charge in [-0.3, -0.25) is 0 Å². The van der Waals surface area contributed by atoms with Crippen LogP contribution in [0, 0.1) is 5.41 Å². The monoisotopic (exact) mass is 318 g/mol. The Kier molecular flexibility index (Phi) is 6.13. The van der Waals surface area contributed by atoms with Crippen LogP contribution in [-0.4, -0.2) is 12.6 Å². The average Bonchev–Trinajstić information content (AvgIpc) is 2.56. The van der Waals surface area contributed by atoms with E-state index in [2.05, 4.69) is 53.5 Å². The van der Waals surface area contributed by atoms with Crippen molar-refractivity contribution in [2.45, 2.75) is 46.2 Å². The smallest absolute Gasteiger partial charge is 0.0327 e. The van der Waals surface area contributed by atoms with Crippen LogP contribution in [0.4, 0.5) is 0 Å². The summed E-state index contributed by atoms with van der Waals surface area (Å²) < 4.78 is 1.20. The zero-order valence-electron chi connectivity index (χ0n) is 10.9. The van der Waals surface area contributed by atoms with Crippen LogP contribution in [0.15, 0.2) is 15.9 Å². The summed E-state index contributed by atoms with van der Waals surface area (Å²) >= 11 is 5.31. The predicted octanol–water partition coefficient (Wildman–Crippen LogP) is 3.75. The van der Waals surface area contributed by atoms with Crippen molar-refractivity contribution in [1.82, 2.24) is 5.32 Å². The third-order valence-corrected chi connectivity index (χ3v) is 4.47. The fraction of sp³-hybridized carbons (Fsp3) is 0.692. The van der Waals surface area contributed by atoms with Gasteiger partial charge in [-0.25, -0.2) is 0 Å². The van der Waals surface area contributed by atoms with Crippen molar-refractivity contribution in [3.05, 3.63) is 20.8 Å². The van der Waals surface area contributed by atoms with Crippen LogP contribution in [0.5, 0.6) is 0 Å². The minimum absolute atomic E-state index is 0.300. The van der Waals surface area contributed by atoms with Crippen LogP contribution < -0.4 is 11.1 Å². The van der Waals surface area contributed by atoms with E-state index in [0.717, 1.165) is 25.9 Å². The van der Waals surface area contributed by atoms with Crippen LogP contribution in [0.2, 0.25) is 0 Å². The van der Waals surface area contributed by atoms with Crippen LogP contribution >= 0.6 is 27.3 Å². The van der Waals surface area contributed by atoms with E-state index in [1.807, 2.05) is 0 Å². The molecule has 0 radical (unpaired) electrons. The molecule has 0 saturated heterocycles. The lowest BCUT2D eigenvalue weighted by atomic mass is 9.87. The van der Waals surface area contributed by atoms with Gasteiger partial charge in [0.25, 0.3) is 0 Å². The molecule has 3 N–H and O–H groups in total. The van der Waals surface area contributed by atoms with Crippen LogP contribution in [0.3, 0.4) is 0 Å². The first-order valence-electron chi connectivity index (χ1n) is 6.06. The molecule has 0 aliphatic rings. The molecule has 1 heterocycles. The molecule has 0 fully saturated rings. The first-order chi connectivity index (χ1) is 7.88. The molecule has 1 aromatic rings. The molecule has 1 atom stereocenters. The van der Waals surface area contributed by atoms with Gasteiger partial charge >= 0.3 is 0 Å². The lowest BCUT2D eigenvalue weighted by Crippen LogP contribution is -2.30. The SMILES string of the molecule is CC(C)(C)CC(N)CCNCc1sccc1Br. The number of nitrogens with one attached hydrogen (secondary N) is 1. The summed E-state index contributed by atoms with van der Waals surface area (Å²) in [6.07, 6.45) is 2.12. The second-order valence-corrected chi connectivity index (χ2v) is 7.54. The van der Waals surface area contributed by atoms with Crippen LogP contribution in [-0.2, 0) is 6.54 Å². The number of hydrogen-bond donors (Lipinski definition) is 2. The van der Waals surface area contributed by atoms with E-state index in [1.54, 1.807) is 11.3 Å². The zero-order valence-corrected chi connectivity index (χ0v) is 13.3. The average molecular weight is 319 g/mol. The Morgan fingerprint density at radius 1 is 1.47 bits per heavy atom. The molecule has 0 aliphatic carbocycles. The second-order valence-electron chi connectivity index (χ2n) is 5.68. The molecular formula is C13H23BrN2S. The molecule has 4 heteroatoms. The molecule has 0 amide bonds. The Bertz CT molecular complexity index is 330. The van der Waals surface area contributed by atoms with Gasteiger partial charge in [-0.1, -0.05) is 20.8 Å². The summed E-state index contributed by atoms with van der Waals surface area (Å²) in [5.41, 5.74) is 6.43. The van der Waals surface area contributed by atoms with Gasteiger partial charge in [-0.05, 0) is 52.2 Å². The van der Waals surface area contributed by atoms with Gasteiger partial charge in [0.05, 0.1) is 0 Å². The van der Waals surface area contributed by atoms with Gasteiger partial charge in [-0.2, -0.15) is 0 Å². The summed E-state index contributed by atoms with van der Waals surface area (Å²) in [5, 5.41) is 5.55. The molecule has 1 unspecified atom stereocenters. The van der Waals surface area contributed by atoms with Crippen molar-refractivity contribution in [3.8, 4) is 0 Å². The summed E-state index contributed by atoms with van der Waals surface area (Å²) in [5.74, 6) is 0. The third kappa shape index (κ3) is 6.55. The molecule has 2 nitrogen and oxygen atoms in total. The van der Waals surface area contributed by atoms with E-state index in [4.69, 9.17) is 5.73 Å². The number of halogens is 1. The fourth-order valence-electron chi connectivity index (χ4n) is 1.83. The molecule has 0 spiro atoms. The summed E-state index contributed by atoms with van der Waals surface area (Å²) in [4.78, 5) is 1.36. The minimum atomic E-state index is 0.300. The van der Waals surface area contributed by atoms with E-state index < -0.39 is 0 Å². The molecule has 1 rings (SSSR count). The van der Waals surface area contributed by atoms with Crippen LogP contribution in [0.25, 0.3) is 0 Å². The predicted molar refractivity (Wildman–Crippen MR) is 80.4 cm³/mol. The topological polar surface area (TPSA) is 38.0 Å². The third-order valence-electron chi connectivity index (χ3n) is 2.54. The minimum Gasteiger partial charge on any atom is -0.328 e. The van der Waals surface area contributed by atoms with Gasteiger partial charge in [-0.15, -0.1) is 11.3 Å². The van der Waals surface area contributed by atoms with E-state index in [0.29, 0.717) is 11.5 Å². The number of rotatable bonds is 6. The van der Waals surface area contributed by atoms with E-state index in [-0.39, 0.29) is 0 Å². The maximum atomic E-state index is 6.10. The number of nitrogens with two attached hydrogens (primary N) is 1. The van der Waals surface area contributed by atoms with E-state index in [1.165, 1.54) is 9.35 Å². The van der Waals surface area contributed by atoms with Crippen molar-refractivity contribution in [1.29, 1.82) is 0 Å². The first-order valence-corrected chi connectivity index (χ1v) is 7.74. The molecule has 17 heavy (non-hydrogen) atoms. The highest BCUT2D eigenvalue weighted by Crippen LogP contribution is 2.22. The van der Waals surface area contributed by atoms with Gasteiger partial charge in [0.15, 0.2) is 0 Å². The molecule has 1 aromatic heterocycles. The maximum absolute atomic E-state index is 6.10. The standard InChI is InChI=1S/C13H23BrN2S/c1-13(2,3)8-10(15)4-6-16-9-12-11(14)5-7-17-12/h5,7,10,16H,4,6,8-9,15H2,1-3H3. The first kappa shape index (κ1) is 15.2. The Hall–Kier alpha value is 0.100. The quantitative estimate of drug-likeness (QED) is 0.784. The largest absolute Gasteiger partial charge is 0.328 e. The van der Waals surface area contributed by atoms with E-state index in [9.17, 15) is 0 Å². The highest BCUT2D eigenvalue weighted by Gasteiger charge is 2.15. The summed E-state index contributed by atoms with van der Waals surface area (Å²) in [6, 6.07) is 2.39. The Morgan fingerprint density at radius 2 is 2.18 bits per heavy atom. The Morgan fingerprint density at radius 3 is 2.71 bits per heavy atom. The molecule has 0 aromatic carbocycles. The number of thiophene rings is 1. The van der Waals surface area contributed by atoms with Crippen molar-refractivity contribution in [3.63, 3.8) is 0 Å². The highest BCUT2D eigenvalue weighted by molar-refractivity contribution is 9.10. The second kappa shape index (κ2) is 6.88. The molecule has 0 saturated carbocycles. The fourth-order valence-corrected chi connectivity index (χ4v) is 3.29. The molecule has 98 valence electrons. The normalized spacial score (nSPS) is 13.9. The lowest BCUT2D eigenvalue weighted by molar-refractivity contribution is 0.329. The maximum Gasteiger partial charge on any atom is 0.0327 e. The van der Waals surface area contributed by atoms with E-state index >= 15 is 0 Å². The van der Waals surface area contributed by atoms with Gasteiger partial charge in [0.1, 0.15) is 0 Å². The lowest BCUT2D eigenvalue weighted by Gasteiger charge is -2.23. The molecular weight excluding hydrogens is 296 g/mol.